The molecule has 2 aromatic carbocycles. The van der Waals surface area contributed by atoms with E-state index in [1.807, 2.05) is 30.3 Å². The molecular formula is C17H19Cl2N. The molecule has 2 aromatic rings. The van der Waals surface area contributed by atoms with Gasteiger partial charge in [-0.2, -0.15) is 0 Å². The van der Waals surface area contributed by atoms with Gasteiger partial charge < -0.3 is 5.32 Å². The summed E-state index contributed by atoms with van der Waals surface area (Å²) < 4.78 is 0. The van der Waals surface area contributed by atoms with Gasteiger partial charge in [-0.3, -0.25) is 0 Å². The van der Waals surface area contributed by atoms with Gasteiger partial charge in [0.2, 0.25) is 0 Å². The summed E-state index contributed by atoms with van der Waals surface area (Å²) in [5, 5.41) is 5.01. The zero-order valence-corrected chi connectivity index (χ0v) is 13.5. The highest BCUT2D eigenvalue weighted by Crippen LogP contribution is 2.33. The zero-order valence-electron chi connectivity index (χ0n) is 12.0. The van der Waals surface area contributed by atoms with Crippen molar-refractivity contribution >= 4 is 23.2 Å². The SMILES string of the molecule is CCNC(c1ccccc1Cl)c1cc(C)c(C)cc1Cl. The predicted octanol–water partition coefficient (Wildman–Crippen LogP) is 5.31. The van der Waals surface area contributed by atoms with Gasteiger partial charge in [-0.25, -0.2) is 0 Å². The first-order valence-corrected chi connectivity index (χ1v) is 7.54. The standard InChI is InChI=1S/C17H19Cl2N/c1-4-20-17(13-7-5-6-8-15(13)18)14-9-11(2)12(3)10-16(14)19/h5-10,17,20H,4H2,1-3H3. The highest BCUT2D eigenvalue weighted by molar-refractivity contribution is 6.32. The van der Waals surface area contributed by atoms with Gasteiger partial charge in [-0.15, -0.1) is 0 Å². The fraction of sp³-hybridized carbons (Fsp3) is 0.294. The van der Waals surface area contributed by atoms with Crippen molar-refractivity contribution in [2.75, 3.05) is 6.54 Å². The van der Waals surface area contributed by atoms with Crippen molar-refractivity contribution < 1.29 is 0 Å². The Bertz CT molecular complexity index is 608. The lowest BCUT2D eigenvalue weighted by atomic mass is 9.95. The molecule has 0 aliphatic rings. The quantitative estimate of drug-likeness (QED) is 0.807. The first-order valence-electron chi connectivity index (χ1n) is 6.79. The van der Waals surface area contributed by atoms with Crippen molar-refractivity contribution in [1.29, 1.82) is 0 Å². The molecule has 3 heteroatoms. The van der Waals surface area contributed by atoms with Gasteiger partial charge in [0.1, 0.15) is 0 Å². The monoisotopic (exact) mass is 307 g/mol. The van der Waals surface area contributed by atoms with E-state index in [0.717, 1.165) is 27.7 Å². The Morgan fingerprint density at radius 2 is 1.60 bits per heavy atom. The number of aryl methyl sites for hydroxylation is 2. The molecule has 0 aromatic heterocycles. The van der Waals surface area contributed by atoms with E-state index in [4.69, 9.17) is 23.2 Å². The molecule has 0 fully saturated rings. The van der Waals surface area contributed by atoms with Gasteiger partial charge in [0.25, 0.3) is 0 Å². The molecule has 2 rings (SSSR count). The van der Waals surface area contributed by atoms with Gasteiger partial charge in [0.05, 0.1) is 6.04 Å². The summed E-state index contributed by atoms with van der Waals surface area (Å²) in [6.07, 6.45) is 0. The summed E-state index contributed by atoms with van der Waals surface area (Å²) in [5.74, 6) is 0. The van der Waals surface area contributed by atoms with Crippen molar-refractivity contribution in [3.05, 3.63) is 68.7 Å². The first kappa shape index (κ1) is 15.4. The topological polar surface area (TPSA) is 12.0 Å². The molecule has 0 saturated heterocycles. The Balaban J connectivity index is 2.54. The Kier molecular flexibility index (Phi) is 5.09. The molecule has 0 bridgehead atoms. The number of hydrogen-bond acceptors (Lipinski definition) is 1. The predicted molar refractivity (Wildman–Crippen MR) is 87.9 cm³/mol. The highest BCUT2D eigenvalue weighted by atomic mass is 35.5. The summed E-state index contributed by atoms with van der Waals surface area (Å²) in [7, 11) is 0. The van der Waals surface area contributed by atoms with Crippen LogP contribution < -0.4 is 5.32 Å². The average molecular weight is 308 g/mol. The van der Waals surface area contributed by atoms with E-state index in [9.17, 15) is 0 Å². The van der Waals surface area contributed by atoms with Crippen molar-refractivity contribution in [2.45, 2.75) is 26.8 Å². The third kappa shape index (κ3) is 3.17. The van der Waals surface area contributed by atoms with E-state index in [1.54, 1.807) is 0 Å². The van der Waals surface area contributed by atoms with E-state index < -0.39 is 0 Å². The number of hydrogen-bond donors (Lipinski definition) is 1. The van der Waals surface area contributed by atoms with Gasteiger partial charge >= 0.3 is 0 Å². The maximum absolute atomic E-state index is 6.45. The zero-order chi connectivity index (χ0) is 14.7. The normalized spacial score (nSPS) is 12.4. The minimum atomic E-state index is 0.0144. The summed E-state index contributed by atoms with van der Waals surface area (Å²) in [6.45, 7) is 7.10. The molecule has 1 unspecified atom stereocenters. The van der Waals surface area contributed by atoms with Crippen LogP contribution in [-0.4, -0.2) is 6.54 Å². The second-order valence-electron chi connectivity index (χ2n) is 4.97. The molecule has 0 radical (unpaired) electrons. The number of nitrogens with one attached hydrogen (secondary N) is 1. The molecule has 1 nitrogen and oxygen atoms in total. The van der Waals surface area contributed by atoms with E-state index in [0.29, 0.717) is 0 Å². The molecule has 0 heterocycles. The maximum Gasteiger partial charge on any atom is 0.0606 e. The van der Waals surface area contributed by atoms with E-state index in [1.165, 1.54) is 11.1 Å². The second kappa shape index (κ2) is 6.62. The average Bonchev–Trinajstić information content (AvgIpc) is 2.42. The molecule has 0 aliphatic carbocycles. The van der Waals surface area contributed by atoms with Gasteiger partial charge in [0, 0.05) is 10.0 Å². The third-order valence-corrected chi connectivity index (χ3v) is 4.22. The minimum absolute atomic E-state index is 0.0144. The largest absolute Gasteiger partial charge is 0.306 e. The van der Waals surface area contributed by atoms with Crippen LogP contribution in [0.1, 0.15) is 35.2 Å². The lowest BCUT2D eigenvalue weighted by Crippen LogP contribution is -2.22. The van der Waals surface area contributed by atoms with Crippen LogP contribution in [0.5, 0.6) is 0 Å². The van der Waals surface area contributed by atoms with Crippen molar-refractivity contribution in [3.8, 4) is 0 Å². The molecule has 20 heavy (non-hydrogen) atoms. The molecule has 0 saturated carbocycles. The van der Waals surface area contributed by atoms with Gasteiger partial charge in [-0.1, -0.05) is 54.4 Å². The molecular weight excluding hydrogens is 289 g/mol. The van der Waals surface area contributed by atoms with Crippen LogP contribution in [0.3, 0.4) is 0 Å². The number of rotatable bonds is 4. The van der Waals surface area contributed by atoms with Crippen LogP contribution in [0, 0.1) is 13.8 Å². The highest BCUT2D eigenvalue weighted by Gasteiger charge is 2.19. The van der Waals surface area contributed by atoms with Gasteiger partial charge in [-0.05, 0) is 54.8 Å². The Morgan fingerprint density at radius 3 is 2.25 bits per heavy atom. The summed E-state index contributed by atoms with van der Waals surface area (Å²) in [4.78, 5) is 0. The second-order valence-corrected chi connectivity index (χ2v) is 5.78. The molecule has 1 atom stereocenters. The molecule has 0 spiro atoms. The minimum Gasteiger partial charge on any atom is -0.306 e. The molecule has 106 valence electrons. The maximum atomic E-state index is 6.45. The number of benzene rings is 2. The smallest absolute Gasteiger partial charge is 0.0606 e. The Hall–Kier alpha value is -1.02. The van der Waals surface area contributed by atoms with Crippen molar-refractivity contribution in [3.63, 3.8) is 0 Å². The van der Waals surface area contributed by atoms with Crippen LogP contribution in [0.4, 0.5) is 0 Å². The van der Waals surface area contributed by atoms with Gasteiger partial charge in [0.15, 0.2) is 0 Å². The fourth-order valence-electron chi connectivity index (χ4n) is 2.33. The third-order valence-electron chi connectivity index (χ3n) is 3.55. The van der Waals surface area contributed by atoms with Crippen molar-refractivity contribution in [2.24, 2.45) is 0 Å². The Labute approximate surface area is 130 Å². The molecule has 0 aliphatic heterocycles. The summed E-state index contributed by atoms with van der Waals surface area (Å²) >= 11 is 12.8. The van der Waals surface area contributed by atoms with E-state index in [-0.39, 0.29) is 6.04 Å². The van der Waals surface area contributed by atoms with Crippen LogP contribution >= 0.6 is 23.2 Å². The number of halogens is 2. The molecule has 0 amide bonds. The van der Waals surface area contributed by atoms with E-state index >= 15 is 0 Å². The first-order chi connectivity index (χ1) is 9.54. The summed E-state index contributed by atoms with van der Waals surface area (Å²) in [5.41, 5.74) is 4.57. The Morgan fingerprint density at radius 1 is 0.950 bits per heavy atom. The van der Waals surface area contributed by atoms with Crippen molar-refractivity contribution in [1.82, 2.24) is 5.32 Å². The van der Waals surface area contributed by atoms with Crippen LogP contribution in [0.25, 0.3) is 0 Å². The fourth-order valence-corrected chi connectivity index (χ4v) is 2.90. The van der Waals surface area contributed by atoms with Crippen LogP contribution in [0.2, 0.25) is 10.0 Å². The lowest BCUT2D eigenvalue weighted by molar-refractivity contribution is 0.630. The van der Waals surface area contributed by atoms with Crippen LogP contribution in [0.15, 0.2) is 36.4 Å². The lowest BCUT2D eigenvalue weighted by Gasteiger charge is -2.22. The molecule has 1 N–H and O–H groups in total. The van der Waals surface area contributed by atoms with E-state index in [2.05, 4.69) is 32.2 Å². The summed E-state index contributed by atoms with van der Waals surface area (Å²) in [6, 6.07) is 12.1. The van der Waals surface area contributed by atoms with Crippen LogP contribution in [-0.2, 0) is 0 Å².